The average Bonchev–Trinajstić information content (AvgIpc) is 3.46. The molecule has 3 nitrogen and oxygen atoms in total. The van der Waals surface area contributed by atoms with Gasteiger partial charge in [0.05, 0.1) is 13.7 Å². The number of rotatable bonds is 5. The van der Waals surface area contributed by atoms with Crippen LogP contribution in [-0.4, -0.2) is 18.0 Å². The standard InChI is InChI=1S/C28H24NO.C15H18NSi.Ir/c1-28(2,3)18-19-14-15-29-25(16-19)24-11-7-10-23-22-13-12-21(17-26(22)30-27(23)24)20-8-5-4-6-9-20;1-12-5-7-13(8-6-12)15-10-9-14(11-16-15)17(2,3)4;/h4-10,12-17H,18H2,1-3H3;5-7,9-11H,1-4H3;/q2*-1;/i;1D3;. The Morgan fingerprint density at radius 3 is 2.27 bits per heavy atom. The molecule has 0 amide bonds. The van der Waals surface area contributed by atoms with Crippen molar-refractivity contribution in [2.45, 2.75) is 53.7 Å². The third kappa shape index (κ3) is 8.28. The molecule has 0 saturated carbocycles. The van der Waals surface area contributed by atoms with Crippen LogP contribution in [-0.2, 0) is 26.5 Å². The van der Waals surface area contributed by atoms with Gasteiger partial charge in [0, 0.05) is 42.0 Å². The van der Waals surface area contributed by atoms with Gasteiger partial charge >= 0.3 is 0 Å². The fraction of sp³-hybridized carbons (Fsp3) is 0.209. The predicted molar refractivity (Wildman–Crippen MR) is 201 cm³/mol. The number of nitrogens with zero attached hydrogens (tertiary/aromatic N) is 2. The van der Waals surface area contributed by atoms with E-state index in [-0.39, 0.29) is 25.5 Å². The van der Waals surface area contributed by atoms with Crippen LogP contribution in [0.15, 0.2) is 120 Å². The van der Waals surface area contributed by atoms with Crippen LogP contribution in [0, 0.1) is 24.4 Å². The first kappa shape index (κ1) is 31.1. The molecule has 0 spiro atoms. The Hall–Kier alpha value is -4.15. The van der Waals surface area contributed by atoms with Crippen LogP contribution >= 0.6 is 0 Å². The summed E-state index contributed by atoms with van der Waals surface area (Å²) in [6.07, 6.45) is 4.81. The van der Waals surface area contributed by atoms with E-state index < -0.39 is 14.9 Å². The van der Waals surface area contributed by atoms with Crippen LogP contribution in [0.5, 0.6) is 0 Å². The van der Waals surface area contributed by atoms with Crippen LogP contribution < -0.4 is 5.19 Å². The Bertz CT molecular complexity index is 2180. The van der Waals surface area contributed by atoms with Crippen molar-refractivity contribution in [3.8, 4) is 33.6 Å². The predicted octanol–water partition coefficient (Wildman–Crippen LogP) is 11.1. The first-order valence-corrected chi connectivity index (χ1v) is 19.5. The molecular formula is C43H42IrN2OSi-2. The maximum atomic E-state index is 7.35. The van der Waals surface area contributed by atoms with Crippen LogP contribution in [0.3, 0.4) is 0 Å². The molecule has 0 aliphatic rings. The molecular weight excluding hydrogens is 781 g/mol. The fourth-order valence-corrected chi connectivity index (χ4v) is 6.69. The van der Waals surface area contributed by atoms with Gasteiger partial charge in [-0.1, -0.05) is 124 Å². The number of aryl methyl sites for hydroxylation is 1. The second-order valence-electron chi connectivity index (χ2n) is 14.2. The van der Waals surface area contributed by atoms with Crippen molar-refractivity contribution in [3.05, 3.63) is 139 Å². The zero-order valence-corrected chi connectivity index (χ0v) is 31.7. The van der Waals surface area contributed by atoms with Gasteiger partial charge in [0.25, 0.3) is 0 Å². The van der Waals surface area contributed by atoms with Crippen molar-refractivity contribution in [2.24, 2.45) is 5.41 Å². The second-order valence-corrected chi connectivity index (χ2v) is 19.3. The molecule has 7 aromatic rings. The second kappa shape index (κ2) is 14.5. The molecule has 4 aromatic carbocycles. The van der Waals surface area contributed by atoms with Gasteiger partial charge in [-0.25, -0.2) is 0 Å². The Labute approximate surface area is 304 Å². The van der Waals surface area contributed by atoms with Gasteiger partial charge in [0.2, 0.25) is 0 Å². The number of benzene rings is 4. The van der Waals surface area contributed by atoms with Crippen molar-refractivity contribution >= 4 is 35.2 Å². The number of pyridine rings is 2. The third-order valence-electron chi connectivity index (χ3n) is 8.07. The first-order chi connectivity index (χ1) is 23.7. The van der Waals surface area contributed by atoms with Crippen LogP contribution in [0.25, 0.3) is 55.6 Å². The molecule has 48 heavy (non-hydrogen) atoms. The molecule has 3 heterocycles. The van der Waals surface area contributed by atoms with E-state index in [2.05, 4.69) is 129 Å². The van der Waals surface area contributed by atoms with Gasteiger partial charge in [-0.15, -0.1) is 53.6 Å². The monoisotopic (exact) mass is 826 g/mol. The zero-order valence-electron chi connectivity index (χ0n) is 31.3. The van der Waals surface area contributed by atoms with E-state index in [9.17, 15) is 0 Å². The van der Waals surface area contributed by atoms with Crippen LogP contribution in [0.4, 0.5) is 0 Å². The molecule has 0 atom stereocenters. The molecule has 5 heteroatoms. The molecule has 0 unspecified atom stereocenters. The topological polar surface area (TPSA) is 38.9 Å². The van der Waals surface area contributed by atoms with Crippen molar-refractivity contribution in [1.29, 1.82) is 0 Å². The van der Waals surface area contributed by atoms with Crippen molar-refractivity contribution in [2.75, 3.05) is 0 Å². The minimum absolute atomic E-state index is 0. The van der Waals surface area contributed by atoms with Crippen molar-refractivity contribution < 1.29 is 28.6 Å². The van der Waals surface area contributed by atoms with Crippen molar-refractivity contribution in [3.63, 3.8) is 0 Å². The molecule has 0 aliphatic carbocycles. The SMILES string of the molecule is CC(C)(C)Cc1ccnc(-c2[c-]ccc3c2oc2cc(-c4ccccc4)ccc23)c1.[2H]C([2H])([2H])c1c[c-]c(-c2ccc([Si](C)(C)C)cn2)cc1.[Ir]. The summed E-state index contributed by atoms with van der Waals surface area (Å²) < 4.78 is 28.4. The third-order valence-corrected chi connectivity index (χ3v) is 10.1. The quantitative estimate of drug-likeness (QED) is 0.128. The van der Waals surface area contributed by atoms with Gasteiger partial charge in [-0.3, -0.25) is 0 Å². The summed E-state index contributed by atoms with van der Waals surface area (Å²) in [4.78, 5) is 9.10. The molecule has 0 N–H and O–H groups in total. The maximum Gasteiger partial charge on any atom is 0.121 e. The van der Waals surface area contributed by atoms with E-state index in [1.807, 2.05) is 30.6 Å². The summed E-state index contributed by atoms with van der Waals surface area (Å²) >= 11 is 0. The van der Waals surface area contributed by atoms with E-state index in [1.165, 1.54) is 22.4 Å². The Morgan fingerprint density at radius 1 is 0.792 bits per heavy atom. The van der Waals surface area contributed by atoms with E-state index in [0.717, 1.165) is 56.4 Å². The Balaban J connectivity index is 0.000000211. The van der Waals surface area contributed by atoms with E-state index >= 15 is 0 Å². The van der Waals surface area contributed by atoms with E-state index in [1.54, 1.807) is 12.1 Å². The first-order valence-electron chi connectivity index (χ1n) is 17.5. The van der Waals surface area contributed by atoms with Gasteiger partial charge in [0.1, 0.15) is 5.58 Å². The van der Waals surface area contributed by atoms with E-state index in [4.69, 9.17) is 8.53 Å². The molecule has 0 fully saturated rings. The normalized spacial score (nSPS) is 12.8. The molecule has 3 aromatic heterocycles. The summed E-state index contributed by atoms with van der Waals surface area (Å²) in [7, 11) is -1.34. The van der Waals surface area contributed by atoms with Gasteiger partial charge in [0.15, 0.2) is 0 Å². The summed E-state index contributed by atoms with van der Waals surface area (Å²) in [6, 6.07) is 40.5. The number of furan rings is 1. The number of aromatic nitrogens is 2. The van der Waals surface area contributed by atoms with Gasteiger partial charge in [-0.05, 0) is 51.7 Å². The Kier molecular flexibility index (Phi) is 9.43. The summed E-state index contributed by atoms with van der Waals surface area (Å²) in [6.45, 7) is 11.5. The van der Waals surface area contributed by atoms with E-state index in [0.29, 0.717) is 5.56 Å². The number of hydrogen-bond donors (Lipinski definition) is 0. The van der Waals surface area contributed by atoms with Crippen molar-refractivity contribution in [1.82, 2.24) is 9.97 Å². The minimum Gasteiger partial charge on any atom is -0.501 e. The molecule has 7 rings (SSSR count). The molecule has 0 saturated heterocycles. The molecule has 0 aliphatic heterocycles. The minimum atomic E-state index is -2.08. The fourth-order valence-electron chi connectivity index (χ4n) is 5.66. The largest absolute Gasteiger partial charge is 0.501 e. The Morgan fingerprint density at radius 2 is 1.60 bits per heavy atom. The van der Waals surface area contributed by atoms with Gasteiger partial charge in [-0.2, -0.15) is 0 Å². The molecule has 1 radical (unpaired) electrons. The summed E-state index contributed by atoms with van der Waals surface area (Å²) in [5.41, 5.74) is 9.34. The maximum absolute atomic E-state index is 7.35. The smallest absolute Gasteiger partial charge is 0.121 e. The zero-order chi connectivity index (χ0) is 35.7. The number of hydrogen-bond acceptors (Lipinski definition) is 3. The van der Waals surface area contributed by atoms with Gasteiger partial charge < -0.3 is 14.4 Å². The van der Waals surface area contributed by atoms with Crippen LogP contribution in [0.1, 0.15) is 36.0 Å². The van der Waals surface area contributed by atoms with Crippen LogP contribution in [0.2, 0.25) is 19.6 Å². The number of fused-ring (bicyclic) bond motifs is 3. The molecule has 245 valence electrons. The molecule has 0 bridgehead atoms. The summed E-state index contributed by atoms with van der Waals surface area (Å²) in [5.74, 6) is 0. The average molecular weight is 826 g/mol. The summed E-state index contributed by atoms with van der Waals surface area (Å²) in [5, 5.41) is 3.52.